The van der Waals surface area contributed by atoms with Crippen LogP contribution in [0.5, 0.6) is 0 Å². The zero-order valence-corrected chi connectivity index (χ0v) is 22.2. The summed E-state index contributed by atoms with van der Waals surface area (Å²) in [5.74, 6) is -0.0648. The van der Waals surface area contributed by atoms with Gasteiger partial charge in [-0.15, -0.1) is 0 Å². The summed E-state index contributed by atoms with van der Waals surface area (Å²) in [6.45, 7) is 5.23. The number of hydrogen-bond acceptors (Lipinski definition) is 8. The monoisotopic (exact) mass is 541 g/mol. The first kappa shape index (κ1) is 26.6. The Morgan fingerprint density at radius 3 is 2.62 bits per heavy atom. The summed E-state index contributed by atoms with van der Waals surface area (Å²) in [6, 6.07) is 4.19. The molecule has 0 radical (unpaired) electrons. The predicted molar refractivity (Wildman–Crippen MR) is 141 cm³/mol. The fourth-order valence-electron chi connectivity index (χ4n) is 4.51. The van der Waals surface area contributed by atoms with Crippen molar-refractivity contribution in [1.29, 1.82) is 0 Å². The Morgan fingerprint density at radius 1 is 1.26 bits per heavy atom. The number of alkyl halides is 1. The quantitative estimate of drug-likeness (QED) is 0.432. The number of hydrogen-bond donors (Lipinski definition) is 3. The molecule has 2 aliphatic carbocycles. The van der Waals surface area contributed by atoms with Gasteiger partial charge in [0.15, 0.2) is 5.65 Å². The SMILES string of the molecule is CN(C(=O)OC(C)(C)C)c1cc(Nc2cccn(C3CC(F)C3)c2=O)nc2c(C(=O)N[C@@H]3CC[C@H]3O)cnn12. The molecular formula is C26H32FN7O5. The van der Waals surface area contributed by atoms with E-state index in [-0.39, 0.29) is 59.0 Å². The zero-order chi connectivity index (χ0) is 28.1. The summed E-state index contributed by atoms with van der Waals surface area (Å²) in [7, 11) is 1.50. The van der Waals surface area contributed by atoms with E-state index in [9.17, 15) is 23.9 Å². The van der Waals surface area contributed by atoms with Crippen molar-refractivity contribution in [1.82, 2.24) is 24.5 Å². The minimum atomic E-state index is -0.916. The molecule has 2 fully saturated rings. The van der Waals surface area contributed by atoms with Gasteiger partial charge in [0.25, 0.3) is 11.5 Å². The van der Waals surface area contributed by atoms with E-state index in [0.29, 0.717) is 12.8 Å². The Balaban J connectivity index is 1.53. The lowest BCUT2D eigenvalue weighted by Crippen LogP contribution is -2.50. The van der Waals surface area contributed by atoms with E-state index in [1.54, 1.807) is 39.1 Å². The van der Waals surface area contributed by atoms with E-state index in [1.807, 2.05) is 0 Å². The Morgan fingerprint density at radius 2 is 2.00 bits per heavy atom. The van der Waals surface area contributed by atoms with Gasteiger partial charge in [0.05, 0.1) is 18.3 Å². The number of fused-ring (bicyclic) bond motifs is 1. The van der Waals surface area contributed by atoms with E-state index in [4.69, 9.17) is 4.74 Å². The minimum Gasteiger partial charge on any atom is -0.443 e. The lowest BCUT2D eigenvalue weighted by Gasteiger charge is -2.32. The predicted octanol–water partition coefficient (Wildman–Crippen LogP) is 2.93. The first-order chi connectivity index (χ1) is 18.4. The number of aliphatic hydroxyl groups is 1. The molecule has 0 unspecified atom stereocenters. The maximum Gasteiger partial charge on any atom is 0.415 e. The Hall–Kier alpha value is -4.00. The van der Waals surface area contributed by atoms with Gasteiger partial charge in [0.2, 0.25) is 0 Å². The number of aromatic nitrogens is 4. The highest BCUT2D eigenvalue weighted by Crippen LogP contribution is 2.34. The van der Waals surface area contributed by atoms with Crippen LogP contribution >= 0.6 is 0 Å². The highest BCUT2D eigenvalue weighted by Gasteiger charge is 2.33. The summed E-state index contributed by atoms with van der Waals surface area (Å²) >= 11 is 0. The van der Waals surface area contributed by atoms with Gasteiger partial charge in [-0.1, -0.05) is 0 Å². The molecule has 3 heterocycles. The van der Waals surface area contributed by atoms with Crippen LogP contribution in [-0.2, 0) is 4.74 Å². The Kier molecular flexibility index (Phi) is 6.79. The molecule has 39 heavy (non-hydrogen) atoms. The van der Waals surface area contributed by atoms with Crippen LogP contribution in [0.3, 0.4) is 0 Å². The van der Waals surface area contributed by atoms with Crippen molar-refractivity contribution in [3.63, 3.8) is 0 Å². The number of anilines is 3. The third kappa shape index (κ3) is 5.31. The van der Waals surface area contributed by atoms with E-state index in [0.717, 1.165) is 0 Å². The summed E-state index contributed by atoms with van der Waals surface area (Å²) in [5.41, 5.74) is -0.640. The van der Waals surface area contributed by atoms with Gasteiger partial charge in [-0.05, 0) is 58.6 Å². The summed E-state index contributed by atoms with van der Waals surface area (Å²) in [5, 5.41) is 20.0. The van der Waals surface area contributed by atoms with Crippen LogP contribution < -0.4 is 21.1 Å². The van der Waals surface area contributed by atoms with Crippen molar-refractivity contribution in [2.75, 3.05) is 17.3 Å². The average molecular weight is 542 g/mol. The van der Waals surface area contributed by atoms with E-state index in [2.05, 4.69) is 20.7 Å². The first-order valence-corrected chi connectivity index (χ1v) is 12.9. The molecule has 2 saturated carbocycles. The topological polar surface area (TPSA) is 143 Å². The third-order valence-electron chi connectivity index (χ3n) is 6.95. The number of carbonyl (C=O) groups is 2. The molecule has 2 atom stereocenters. The molecule has 3 N–H and O–H groups in total. The number of pyridine rings is 1. The smallest absolute Gasteiger partial charge is 0.415 e. The number of amides is 2. The molecule has 2 amide bonds. The van der Waals surface area contributed by atoms with Crippen LogP contribution in [0, 0.1) is 0 Å². The number of aliphatic hydroxyl groups excluding tert-OH is 1. The number of halogens is 1. The number of ether oxygens (including phenoxy) is 1. The van der Waals surface area contributed by atoms with Gasteiger partial charge in [-0.3, -0.25) is 14.5 Å². The molecular weight excluding hydrogens is 509 g/mol. The third-order valence-corrected chi connectivity index (χ3v) is 6.95. The van der Waals surface area contributed by atoms with Crippen molar-refractivity contribution >= 4 is 35.0 Å². The van der Waals surface area contributed by atoms with Crippen LogP contribution in [0.25, 0.3) is 5.65 Å². The maximum absolute atomic E-state index is 13.4. The van der Waals surface area contributed by atoms with Gasteiger partial charge in [0.1, 0.15) is 34.7 Å². The van der Waals surface area contributed by atoms with Gasteiger partial charge in [0, 0.05) is 25.4 Å². The number of nitrogens with zero attached hydrogens (tertiary/aromatic N) is 5. The Bertz CT molecular complexity index is 1470. The maximum atomic E-state index is 13.4. The highest BCUT2D eigenvalue weighted by molar-refractivity contribution is 6.00. The lowest BCUT2D eigenvalue weighted by atomic mass is 9.89. The molecule has 5 rings (SSSR count). The second-order valence-electron chi connectivity index (χ2n) is 11.0. The van der Waals surface area contributed by atoms with Crippen LogP contribution in [0.4, 0.5) is 26.5 Å². The number of nitrogens with one attached hydrogen (secondary N) is 2. The molecule has 13 heteroatoms. The first-order valence-electron chi connectivity index (χ1n) is 12.9. The van der Waals surface area contributed by atoms with E-state index < -0.39 is 29.9 Å². The van der Waals surface area contributed by atoms with Crippen molar-refractivity contribution < 1.29 is 23.8 Å². The van der Waals surface area contributed by atoms with Crippen molar-refractivity contribution in [2.24, 2.45) is 0 Å². The second-order valence-corrected chi connectivity index (χ2v) is 11.0. The molecule has 0 saturated heterocycles. The summed E-state index contributed by atoms with van der Waals surface area (Å²) in [6.07, 6.45) is 2.59. The molecule has 0 aromatic carbocycles. The molecule has 3 aromatic heterocycles. The van der Waals surface area contributed by atoms with Gasteiger partial charge >= 0.3 is 6.09 Å². The minimum absolute atomic E-state index is 0.130. The second kappa shape index (κ2) is 9.95. The van der Waals surface area contributed by atoms with Crippen molar-refractivity contribution in [3.8, 4) is 0 Å². The molecule has 0 bridgehead atoms. The van der Waals surface area contributed by atoms with Crippen LogP contribution in [-0.4, -0.2) is 67.2 Å². The van der Waals surface area contributed by atoms with Crippen LogP contribution in [0.15, 0.2) is 35.4 Å². The number of carbonyl (C=O) groups excluding carboxylic acids is 2. The van der Waals surface area contributed by atoms with Crippen molar-refractivity contribution in [3.05, 3.63) is 46.5 Å². The van der Waals surface area contributed by atoms with E-state index >= 15 is 0 Å². The van der Waals surface area contributed by atoms with Gasteiger partial charge in [-0.25, -0.2) is 14.2 Å². The molecule has 208 valence electrons. The largest absolute Gasteiger partial charge is 0.443 e. The molecule has 0 aliphatic heterocycles. The molecule has 2 aliphatic rings. The Labute approximate surface area is 223 Å². The van der Waals surface area contributed by atoms with Gasteiger partial charge < -0.3 is 25.0 Å². The standard InChI is InChI=1S/C26H32FN7O5/c1-26(2,3)39-25(38)32(4)21-12-20(29-18-6-5-9-33(24(18)37)15-10-14(27)11-15)31-22-16(13-28-34(21)22)23(36)30-17-7-8-19(17)35/h5-6,9,12-15,17,19,35H,7-8,10-11H2,1-4H3,(H,29,31)(H,30,36)/t14?,15?,17-,19-/m1/s1. The average Bonchev–Trinajstić information content (AvgIpc) is 3.28. The highest BCUT2D eigenvalue weighted by atomic mass is 19.1. The molecule has 0 spiro atoms. The summed E-state index contributed by atoms with van der Waals surface area (Å²) in [4.78, 5) is 44.9. The van der Waals surface area contributed by atoms with Crippen molar-refractivity contribution in [2.45, 2.75) is 76.4 Å². The van der Waals surface area contributed by atoms with Gasteiger partial charge in [-0.2, -0.15) is 9.61 Å². The fraction of sp³-hybridized carbons (Fsp3) is 0.500. The fourth-order valence-corrected chi connectivity index (χ4v) is 4.51. The van der Waals surface area contributed by atoms with Crippen LogP contribution in [0.1, 0.15) is 62.9 Å². The lowest BCUT2D eigenvalue weighted by molar-refractivity contribution is 0.0448. The van der Waals surface area contributed by atoms with Crippen LogP contribution in [0.2, 0.25) is 0 Å². The summed E-state index contributed by atoms with van der Waals surface area (Å²) < 4.78 is 21.8. The molecule has 3 aromatic rings. The number of rotatable bonds is 6. The molecule has 12 nitrogen and oxygen atoms in total. The van der Waals surface area contributed by atoms with E-state index in [1.165, 1.54) is 33.3 Å². The zero-order valence-electron chi connectivity index (χ0n) is 22.2. The normalized spacial score (nSPS) is 22.5.